The summed E-state index contributed by atoms with van der Waals surface area (Å²) in [7, 11) is 0. The average Bonchev–Trinajstić information content (AvgIpc) is 3.14. The van der Waals surface area contributed by atoms with Crippen molar-refractivity contribution in [3.05, 3.63) is 52.6 Å². The summed E-state index contributed by atoms with van der Waals surface area (Å²) >= 11 is 6.22. The monoisotopic (exact) mass is 377 g/mol. The number of hydrogen-bond acceptors (Lipinski definition) is 4. The Balaban J connectivity index is 1.76. The van der Waals surface area contributed by atoms with Crippen molar-refractivity contribution in [3.63, 3.8) is 0 Å². The van der Waals surface area contributed by atoms with E-state index in [-0.39, 0.29) is 12.6 Å². The van der Waals surface area contributed by atoms with E-state index in [2.05, 4.69) is 9.97 Å². The first-order chi connectivity index (χ1) is 12.2. The number of carbonyl (C=O) groups is 1. The van der Waals surface area contributed by atoms with Crippen molar-refractivity contribution in [1.82, 2.24) is 14.9 Å². The number of imidazole rings is 1. The minimum Gasteiger partial charge on any atom is -0.444 e. The van der Waals surface area contributed by atoms with E-state index < -0.39 is 17.8 Å². The SMILES string of the molecule is CC(C)(C)OC(=O)N1C[C@H](O)C[C@H]1c1ncc(Cc2ccccc2Cl)[nH]1. The highest BCUT2D eigenvalue weighted by Gasteiger charge is 2.39. The maximum Gasteiger partial charge on any atom is 0.411 e. The van der Waals surface area contributed by atoms with Crippen LogP contribution < -0.4 is 0 Å². The lowest BCUT2D eigenvalue weighted by atomic mass is 10.1. The van der Waals surface area contributed by atoms with Crippen molar-refractivity contribution in [2.75, 3.05) is 6.54 Å². The van der Waals surface area contributed by atoms with E-state index in [1.165, 1.54) is 4.90 Å². The fourth-order valence-electron chi connectivity index (χ4n) is 3.08. The van der Waals surface area contributed by atoms with Crippen molar-refractivity contribution in [3.8, 4) is 0 Å². The van der Waals surface area contributed by atoms with Crippen molar-refractivity contribution in [2.24, 2.45) is 0 Å². The molecule has 0 aliphatic carbocycles. The molecule has 1 saturated heterocycles. The molecule has 0 spiro atoms. The molecule has 1 aliphatic rings. The fraction of sp³-hybridized carbons (Fsp3) is 0.474. The van der Waals surface area contributed by atoms with Gasteiger partial charge in [-0.1, -0.05) is 29.8 Å². The van der Waals surface area contributed by atoms with Gasteiger partial charge in [-0.15, -0.1) is 0 Å². The lowest BCUT2D eigenvalue weighted by Gasteiger charge is -2.27. The molecule has 1 amide bonds. The Bertz CT molecular complexity index is 784. The van der Waals surface area contributed by atoms with E-state index >= 15 is 0 Å². The van der Waals surface area contributed by atoms with Crippen LogP contribution in [0.2, 0.25) is 5.02 Å². The smallest absolute Gasteiger partial charge is 0.411 e. The van der Waals surface area contributed by atoms with E-state index in [0.29, 0.717) is 23.7 Å². The number of aliphatic hydroxyl groups is 1. The molecule has 2 heterocycles. The van der Waals surface area contributed by atoms with Gasteiger partial charge in [-0.25, -0.2) is 9.78 Å². The number of H-pyrrole nitrogens is 1. The Hall–Kier alpha value is -2.05. The lowest BCUT2D eigenvalue weighted by Crippen LogP contribution is -2.37. The quantitative estimate of drug-likeness (QED) is 0.854. The van der Waals surface area contributed by atoms with Gasteiger partial charge >= 0.3 is 6.09 Å². The summed E-state index contributed by atoms with van der Waals surface area (Å²) < 4.78 is 5.46. The molecule has 6 nitrogen and oxygen atoms in total. The first-order valence-electron chi connectivity index (χ1n) is 8.68. The third kappa shape index (κ3) is 4.37. The average molecular weight is 378 g/mol. The number of β-amino-alcohol motifs (C(OH)–C–C–N with tert-alkyl or cyclic N) is 1. The number of nitrogens with zero attached hydrogens (tertiary/aromatic N) is 2. The van der Waals surface area contributed by atoms with E-state index in [1.54, 1.807) is 6.20 Å². The van der Waals surface area contributed by atoms with Gasteiger partial charge in [0, 0.05) is 29.8 Å². The number of rotatable bonds is 3. The summed E-state index contributed by atoms with van der Waals surface area (Å²) in [5, 5.41) is 10.8. The standard InChI is InChI=1S/C19H24ClN3O3/c1-19(2,3)26-18(25)23-11-14(24)9-16(23)17-21-10-13(22-17)8-12-6-4-5-7-15(12)20/h4-7,10,14,16,24H,8-9,11H2,1-3H3,(H,21,22)/t14-,16+/m1/s1. The predicted molar refractivity (Wildman–Crippen MR) is 99.2 cm³/mol. The second-order valence-corrected chi connectivity index (χ2v) is 8.01. The van der Waals surface area contributed by atoms with Gasteiger partial charge in [0.15, 0.2) is 0 Å². The molecular formula is C19H24ClN3O3. The molecule has 3 rings (SSSR count). The largest absolute Gasteiger partial charge is 0.444 e. The Kier molecular flexibility index (Phi) is 5.25. The number of aromatic amines is 1. The molecular weight excluding hydrogens is 354 g/mol. The second kappa shape index (κ2) is 7.29. The lowest BCUT2D eigenvalue weighted by molar-refractivity contribution is 0.0201. The Morgan fingerprint density at radius 2 is 2.15 bits per heavy atom. The topological polar surface area (TPSA) is 78.4 Å². The van der Waals surface area contributed by atoms with Crippen LogP contribution in [0.3, 0.4) is 0 Å². The number of nitrogens with one attached hydrogen (secondary N) is 1. The van der Waals surface area contributed by atoms with E-state index in [0.717, 1.165) is 11.3 Å². The zero-order valence-corrected chi connectivity index (χ0v) is 16.0. The third-order valence-electron chi connectivity index (χ3n) is 4.21. The maximum absolute atomic E-state index is 12.5. The van der Waals surface area contributed by atoms with Crippen molar-refractivity contribution >= 4 is 17.7 Å². The van der Waals surface area contributed by atoms with E-state index in [9.17, 15) is 9.90 Å². The number of amides is 1. The fourth-order valence-corrected chi connectivity index (χ4v) is 3.28. The number of halogens is 1. The van der Waals surface area contributed by atoms with Crippen LogP contribution in [0.15, 0.2) is 30.5 Å². The summed E-state index contributed by atoms with van der Waals surface area (Å²) in [5.41, 5.74) is 1.31. The highest BCUT2D eigenvalue weighted by Crippen LogP contribution is 2.32. The number of aromatic nitrogens is 2. The van der Waals surface area contributed by atoms with Gasteiger partial charge in [0.2, 0.25) is 0 Å². The van der Waals surface area contributed by atoms with Crippen LogP contribution in [-0.4, -0.2) is 44.3 Å². The van der Waals surface area contributed by atoms with Crippen LogP contribution in [0.1, 0.15) is 50.3 Å². The molecule has 0 unspecified atom stereocenters. The van der Waals surface area contributed by atoms with Crippen LogP contribution in [0.25, 0.3) is 0 Å². The molecule has 2 atom stereocenters. The minimum absolute atomic E-state index is 0.236. The molecule has 0 radical (unpaired) electrons. The van der Waals surface area contributed by atoms with Crippen LogP contribution >= 0.6 is 11.6 Å². The summed E-state index contributed by atoms with van der Waals surface area (Å²) in [6.45, 7) is 5.70. The van der Waals surface area contributed by atoms with Gasteiger partial charge in [-0.3, -0.25) is 4.90 Å². The van der Waals surface area contributed by atoms with Crippen LogP contribution in [0.4, 0.5) is 4.79 Å². The zero-order valence-electron chi connectivity index (χ0n) is 15.2. The number of benzene rings is 1. The first-order valence-corrected chi connectivity index (χ1v) is 9.05. The van der Waals surface area contributed by atoms with Crippen molar-refractivity contribution < 1.29 is 14.6 Å². The highest BCUT2D eigenvalue weighted by molar-refractivity contribution is 6.31. The third-order valence-corrected chi connectivity index (χ3v) is 4.58. The van der Waals surface area contributed by atoms with E-state index in [4.69, 9.17) is 16.3 Å². The highest BCUT2D eigenvalue weighted by atomic mass is 35.5. The molecule has 140 valence electrons. The summed E-state index contributed by atoms with van der Waals surface area (Å²) in [4.78, 5) is 21.7. The predicted octanol–water partition coefficient (Wildman–Crippen LogP) is 3.70. The Morgan fingerprint density at radius 3 is 2.85 bits per heavy atom. The van der Waals surface area contributed by atoms with Gasteiger partial charge < -0.3 is 14.8 Å². The molecule has 2 N–H and O–H groups in total. The van der Waals surface area contributed by atoms with Crippen LogP contribution in [-0.2, 0) is 11.2 Å². The first kappa shape index (κ1) is 18.7. The van der Waals surface area contributed by atoms with Gasteiger partial charge in [0.25, 0.3) is 0 Å². The summed E-state index contributed by atoms with van der Waals surface area (Å²) in [5.74, 6) is 0.648. The number of aliphatic hydroxyl groups excluding tert-OH is 1. The second-order valence-electron chi connectivity index (χ2n) is 7.60. The maximum atomic E-state index is 12.5. The molecule has 0 saturated carbocycles. The normalized spacial score (nSPS) is 20.4. The minimum atomic E-state index is -0.593. The number of ether oxygens (including phenoxy) is 1. The zero-order chi connectivity index (χ0) is 18.9. The molecule has 1 aromatic carbocycles. The molecule has 7 heteroatoms. The molecule has 2 aromatic rings. The van der Waals surface area contributed by atoms with Gasteiger partial charge in [0.1, 0.15) is 11.4 Å². The molecule has 1 aromatic heterocycles. The molecule has 0 bridgehead atoms. The molecule has 26 heavy (non-hydrogen) atoms. The van der Waals surface area contributed by atoms with Crippen LogP contribution in [0.5, 0.6) is 0 Å². The number of likely N-dealkylation sites (tertiary alicyclic amines) is 1. The van der Waals surface area contributed by atoms with Crippen LogP contribution in [0, 0.1) is 0 Å². The van der Waals surface area contributed by atoms with Crippen molar-refractivity contribution in [2.45, 2.75) is 51.4 Å². The number of hydrogen-bond donors (Lipinski definition) is 2. The Labute approximate surface area is 158 Å². The van der Waals surface area contributed by atoms with Crippen molar-refractivity contribution in [1.29, 1.82) is 0 Å². The molecule has 1 fully saturated rings. The van der Waals surface area contributed by atoms with Gasteiger partial charge in [-0.05, 0) is 32.4 Å². The summed E-state index contributed by atoms with van der Waals surface area (Å²) in [6, 6.07) is 7.32. The Morgan fingerprint density at radius 1 is 1.42 bits per heavy atom. The number of carbonyl (C=O) groups excluding carboxylic acids is 1. The van der Waals surface area contributed by atoms with Gasteiger partial charge in [0.05, 0.1) is 18.7 Å². The van der Waals surface area contributed by atoms with Gasteiger partial charge in [-0.2, -0.15) is 0 Å². The summed E-state index contributed by atoms with van der Waals surface area (Å²) in [6.07, 6.45) is 1.76. The van der Waals surface area contributed by atoms with E-state index in [1.807, 2.05) is 45.0 Å². The molecule has 1 aliphatic heterocycles.